The summed E-state index contributed by atoms with van der Waals surface area (Å²) in [6, 6.07) is 6.13. The molecule has 0 radical (unpaired) electrons. The van der Waals surface area contributed by atoms with Crippen LogP contribution in [0.3, 0.4) is 0 Å². The molecule has 0 atom stereocenters. The quantitative estimate of drug-likeness (QED) is 0.736. The van der Waals surface area contributed by atoms with Crippen molar-refractivity contribution < 1.29 is 5.11 Å². The highest BCUT2D eigenvalue weighted by molar-refractivity contribution is 14.1. The maximum Gasteiger partial charge on any atom is 0.186 e. The second-order valence-electron chi connectivity index (χ2n) is 2.67. The van der Waals surface area contributed by atoms with Gasteiger partial charge in [0.15, 0.2) is 5.06 Å². The molecule has 3 heteroatoms. The maximum absolute atomic E-state index is 9.48. The van der Waals surface area contributed by atoms with Crippen LogP contribution in [0, 0.1) is 10.5 Å². The van der Waals surface area contributed by atoms with Gasteiger partial charge in [0.2, 0.25) is 0 Å². The van der Waals surface area contributed by atoms with Gasteiger partial charge in [-0.15, -0.1) is 0 Å². The van der Waals surface area contributed by atoms with Crippen molar-refractivity contribution in [2.75, 3.05) is 0 Å². The van der Waals surface area contributed by atoms with Gasteiger partial charge >= 0.3 is 0 Å². The van der Waals surface area contributed by atoms with Gasteiger partial charge in [0, 0.05) is 10.1 Å². The van der Waals surface area contributed by atoms with E-state index in [1.165, 1.54) is 21.6 Å². The Balaban J connectivity index is 2.95. The number of hydrogen-bond donors (Lipinski definition) is 1. The number of rotatable bonds is 0. The highest BCUT2D eigenvalue weighted by Gasteiger charge is 2.08. The van der Waals surface area contributed by atoms with Crippen molar-refractivity contribution in [3.63, 3.8) is 0 Å². The van der Waals surface area contributed by atoms with Crippen LogP contribution in [-0.4, -0.2) is 5.11 Å². The summed E-state index contributed by atoms with van der Waals surface area (Å²) in [5.41, 5.74) is 1.23. The SMILES string of the molecule is Cc1cccc2c(I)c(O)sc12. The average molecular weight is 290 g/mol. The first kappa shape index (κ1) is 8.31. The van der Waals surface area contributed by atoms with Crippen LogP contribution in [0.4, 0.5) is 0 Å². The van der Waals surface area contributed by atoms with E-state index in [1.807, 2.05) is 12.1 Å². The van der Waals surface area contributed by atoms with Crippen LogP contribution >= 0.6 is 33.9 Å². The minimum atomic E-state index is 0.430. The number of benzene rings is 1. The summed E-state index contributed by atoms with van der Waals surface area (Å²) in [6.45, 7) is 2.06. The zero-order chi connectivity index (χ0) is 8.72. The lowest BCUT2D eigenvalue weighted by atomic mass is 10.2. The van der Waals surface area contributed by atoms with Crippen molar-refractivity contribution in [2.45, 2.75) is 6.92 Å². The minimum absolute atomic E-state index is 0.430. The number of fused-ring (bicyclic) bond motifs is 1. The summed E-state index contributed by atoms with van der Waals surface area (Å²) in [7, 11) is 0. The van der Waals surface area contributed by atoms with Gasteiger partial charge in [-0.1, -0.05) is 29.5 Å². The number of hydrogen-bond acceptors (Lipinski definition) is 2. The molecule has 0 fully saturated rings. The van der Waals surface area contributed by atoms with Gasteiger partial charge in [-0.2, -0.15) is 0 Å². The fourth-order valence-electron chi connectivity index (χ4n) is 1.22. The van der Waals surface area contributed by atoms with E-state index in [0.717, 1.165) is 8.96 Å². The lowest BCUT2D eigenvalue weighted by Crippen LogP contribution is -1.71. The van der Waals surface area contributed by atoms with Crippen molar-refractivity contribution in [3.8, 4) is 5.06 Å². The van der Waals surface area contributed by atoms with Crippen LogP contribution in [0.5, 0.6) is 5.06 Å². The average Bonchev–Trinajstić information content (AvgIpc) is 2.32. The summed E-state index contributed by atoms with van der Waals surface area (Å²) in [5, 5.41) is 11.1. The molecule has 2 rings (SSSR count). The van der Waals surface area contributed by atoms with Crippen molar-refractivity contribution >= 4 is 44.0 Å². The monoisotopic (exact) mass is 290 g/mol. The predicted molar refractivity (Wildman–Crippen MR) is 60.9 cm³/mol. The van der Waals surface area contributed by atoms with Crippen molar-refractivity contribution in [2.24, 2.45) is 0 Å². The van der Waals surface area contributed by atoms with Crippen molar-refractivity contribution in [1.29, 1.82) is 0 Å². The fourth-order valence-corrected chi connectivity index (χ4v) is 3.08. The highest BCUT2D eigenvalue weighted by atomic mass is 127. The third kappa shape index (κ3) is 1.11. The molecule has 2 aromatic rings. The van der Waals surface area contributed by atoms with Gasteiger partial charge in [-0.05, 0) is 35.1 Å². The zero-order valence-electron chi connectivity index (χ0n) is 6.47. The van der Waals surface area contributed by atoms with Gasteiger partial charge in [0.1, 0.15) is 0 Å². The number of thiophene rings is 1. The van der Waals surface area contributed by atoms with E-state index in [0.29, 0.717) is 5.06 Å². The van der Waals surface area contributed by atoms with Crippen LogP contribution in [0.2, 0.25) is 0 Å². The molecule has 1 aromatic heterocycles. The van der Waals surface area contributed by atoms with Gasteiger partial charge in [0.25, 0.3) is 0 Å². The molecule has 0 bridgehead atoms. The van der Waals surface area contributed by atoms with E-state index >= 15 is 0 Å². The highest BCUT2D eigenvalue weighted by Crippen LogP contribution is 2.38. The molecule has 0 saturated heterocycles. The molecule has 0 spiro atoms. The first-order valence-electron chi connectivity index (χ1n) is 3.56. The van der Waals surface area contributed by atoms with Gasteiger partial charge < -0.3 is 5.11 Å². The van der Waals surface area contributed by atoms with E-state index in [4.69, 9.17) is 0 Å². The molecule has 0 unspecified atom stereocenters. The molecule has 62 valence electrons. The number of halogens is 1. The number of aromatic hydroxyl groups is 1. The van der Waals surface area contributed by atoms with Gasteiger partial charge in [-0.25, -0.2) is 0 Å². The van der Waals surface area contributed by atoms with Crippen LogP contribution in [0.25, 0.3) is 10.1 Å². The Labute approximate surface area is 88.2 Å². The molecule has 0 saturated carbocycles. The molecule has 0 aliphatic heterocycles. The molecule has 0 aliphatic rings. The molecule has 0 aliphatic carbocycles. The van der Waals surface area contributed by atoms with Gasteiger partial charge in [0.05, 0.1) is 3.57 Å². The normalized spacial score (nSPS) is 10.8. The Bertz CT molecular complexity index is 433. The summed E-state index contributed by atoms with van der Waals surface area (Å²) >= 11 is 3.63. The Morgan fingerprint density at radius 1 is 1.42 bits per heavy atom. The second kappa shape index (κ2) is 2.88. The lowest BCUT2D eigenvalue weighted by molar-refractivity contribution is 0.488. The molecule has 1 aromatic carbocycles. The number of aryl methyl sites for hydroxylation is 1. The molecule has 1 heterocycles. The molecule has 12 heavy (non-hydrogen) atoms. The fraction of sp³-hybridized carbons (Fsp3) is 0.111. The molecular formula is C9H7IOS. The van der Waals surface area contributed by atoms with E-state index in [-0.39, 0.29) is 0 Å². The minimum Gasteiger partial charge on any atom is -0.499 e. The van der Waals surface area contributed by atoms with E-state index < -0.39 is 0 Å². The van der Waals surface area contributed by atoms with Crippen LogP contribution in [0.15, 0.2) is 18.2 Å². The summed E-state index contributed by atoms with van der Waals surface area (Å²) in [4.78, 5) is 0. The Hall–Kier alpha value is -0.290. The van der Waals surface area contributed by atoms with E-state index in [1.54, 1.807) is 0 Å². The third-order valence-electron chi connectivity index (χ3n) is 1.83. The second-order valence-corrected chi connectivity index (χ2v) is 4.75. The topological polar surface area (TPSA) is 20.2 Å². The van der Waals surface area contributed by atoms with Crippen molar-refractivity contribution in [1.82, 2.24) is 0 Å². The van der Waals surface area contributed by atoms with Crippen LogP contribution < -0.4 is 0 Å². The summed E-state index contributed by atoms with van der Waals surface area (Å²) < 4.78 is 2.16. The largest absolute Gasteiger partial charge is 0.499 e. The maximum atomic E-state index is 9.48. The summed E-state index contributed by atoms with van der Waals surface area (Å²) in [5.74, 6) is 0. The molecule has 0 amide bonds. The van der Waals surface area contributed by atoms with Gasteiger partial charge in [-0.3, -0.25) is 0 Å². The predicted octanol–water partition coefficient (Wildman–Crippen LogP) is 3.52. The standard InChI is InChI=1S/C9H7IOS/c1-5-3-2-4-6-7(10)9(11)12-8(5)6/h2-4,11H,1H3. The zero-order valence-corrected chi connectivity index (χ0v) is 9.44. The Morgan fingerprint density at radius 2 is 2.17 bits per heavy atom. The molecular weight excluding hydrogens is 283 g/mol. The first-order valence-corrected chi connectivity index (χ1v) is 5.46. The van der Waals surface area contributed by atoms with Crippen molar-refractivity contribution in [3.05, 3.63) is 27.3 Å². The Kier molecular flexibility index (Phi) is 2.00. The summed E-state index contributed by atoms with van der Waals surface area (Å²) in [6.07, 6.45) is 0. The first-order chi connectivity index (χ1) is 5.70. The van der Waals surface area contributed by atoms with E-state index in [2.05, 4.69) is 35.6 Å². The lowest BCUT2D eigenvalue weighted by Gasteiger charge is -1.92. The van der Waals surface area contributed by atoms with Crippen LogP contribution in [-0.2, 0) is 0 Å². The third-order valence-corrected chi connectivity index (χ3v) is 4.44. The van der Waals surface area contributed by atoms with E-state index in [9.17, 15) is 5.11 Å². The smallest absolute Gasteiger partial charge is 0.186 e. The Morgan fingerprint density at radius 3 is 2.83 bits per heavy atom. The molecule has 1 nitrogen and oxygen atoms in total. The van der Waals surface area contributed by atoms with Crippen LogP contribution in [0.1, 0.15) is 5.56 Å². The molecule has 1 N–H and O–H groups in total.